The fourth-order valence-electron chi connectivity index (χ4n) is 6.27. The average Bonchev–Trinajstić information content (AvgIpc) is 2.92. The van der Waals surface area contributed by atoms with Crippen molar-refractivity contribution >= 4 is 21.6 Å². The van der Waals surface area contributed by atoms with E-state index in [1.807, 2.05) is 0 Å². The molecule has 0 saturated heterocycles. The molecular weight excluding hydrogens is 511 g/mol. The molecule has 1 unspecified atom stereocenters. The average molecular weight is 589 g/mol. The molecule has 0 aromatic heterocycles. The molecule has 39 heavy (non-hydrogen) atoms. The Balaban J connectivity index is 0. The van der Waals surface area contributed by atoms with Crippen molar-refractivity contribution in [2.24, 2.45) is 0 Å². The Bertz CT molecular complexity index is 364. The molecule has 0 nitrogen and oxygen atoms in total. The highest BCUT2D eigenvalue weighted by Crippen LogP contribution is 2.37. The highest BCUT2D eigenvalue weighted by Gasteiger charge is 2.23. The van der Waals surface area contributed by atoms with Crippen molar-refractivity contribution in [2.75, 3.05) is 0 Å². The lowest BCUT2D eigenvalue weighted by atomic mass is 9.88. The molecule has 0 N–H and O–H groups in total. The first-order valence-electron chi connectivity index (χ1n) is 18.5. The lowest BCUT2D eigenvalue weighted by molar-refractivity contribution is 0.401. The predicted molar refractivity (Wildman–Crippen MR) is 189 cm³/mol. The smallest absolute Gasteiger partial charge is 0.0150 e. The van der Waals surface area contributed by atoms with Gasteiger partial charge in [-0.1, -0.05) is 213 Å². The molecule has 0 aliphatic rings. The minimum Gasteiger partial charge on any atom is -0.147 e. The second kappa shape index (κ2) is 34.9. The predicted octanol–water partition coefficient (Wildman–Crippen LogP) is 15.0. The van der Waals surface area contributed by atoms with Gasteiger partial charge in [0.25, 0.3) is 0 Å². The quantitative estimate of drug-likeness (QED) is 0.0528. The van der Waals surface area contributed by atoms with Crippen LogP contribution < -0.4 is 0 Å². The Hall–Kier alpha value is 0.720. The van der Waals surface area contributed by atoms with E-state index in [0.29, 0.717) is 5.16 Å². The molecular formula is C37H78ClP. The second-order valence-corrected chi connectivity index (χ2v) is 14.4. The Kier molecular flexibility index (Phi) is 37.5. The molecule has 0 saturated carbocycles. The van der Waals surface area contributed by atoms with Gasteiger partial charge in [-0.15, -0.1) is 21.6 Å². The summed E-state index contributed by atoms with van der Waals surface area (Å²) in [6.07, 6.45) is 48.2. The van der Waals surface area contributed by atoms with Gasteiger partial charge in [-0.05, 0) is 24.4 Å². The van der Waals surface area contributed by atoms with Crippen molar-refractivity contribution in [2.45, 2.75) is 238 Å². The summed E-state index contributed by atoms with van der Waals surface area (Å²) in [6, 6.07) is 0. The summed E-state index contributed by atoms with van der Waals surface area (Å²) in [6.45, 7) is 6.96. The van der Waals surface area contributed by atoms with Gasteiger partial charge >= 0.3 is 0 Å². The van der Waals surface area contributed by atoms with Gasteiger partial charge in [0.15, 0.2) is 0 Å². The monoisotopic (exact) mass is 589 g/mol. The number of halogens is 1. The summed E-state index contributed by atoms with van der Waals surface area (Å²) in [7, 11) is 3.41. The summed E-state index contributed by atoms with van der Waals surface area (Å²) in [5.41, 5.74) is 0. The molecule has 0 fully saturated rings. The van der Waals surface area contributed by atoms with Crippen LogP contribution in [-0.4, -0.2) is 5.16 Å². The maximum atomic E-state index is 3.41. The van der Waals surface area contributed by atoms with Crippen LogP contribution in [0.1, 0.15) is 233 Å². The number of hydrogen-bond donors (Lipinski definition) is 0. The van der Waals surface area contributed by atoms with Crippen LogP contribution in [0.3, 0.4) is 0 Å². The van der Waals surface area contributed by atoms with Crippen LogP contribution in [0.25, 0.3) is 0 Å². The highest BCUT2D eigenvalue weighted by atomic mass is 35.5. The first-order chi connectivity index (χ1) is 18.7. The molecule has 0 aliphatic heterocycles. The van der Waals surface area contributed by atoms with E-state index in [0.717, 1.165) is 0 Å². The van der Waals surface area contributed by atoms with E-state index in [1.165, 1.54) is 212 Å². The lowest BCUT2D eigenvalue weighted by Crippen LogP contribution is -2.20. The number of rotatable bonds is 33. The Labute approximate surface area is 258 Å². The van der Waals surface area contributed by atoms with E-state index in [2.05, 4.69) is 30.0 Å². The maximum Gasteiger partial charge on any atom is -0.0150 e. The fraction of sp³-hybridized carbons (Fsp3) is 1.00. The molecule has 238 valence electrons. The Morgan fingerprint density at radius 3 is 0.615 bits per heavy atom. The van der Waals surface area contributed by atoms with Gasteiger partial charge in [-0.3, -0.25) is 0 Å². The third-order valence-corrected chi connectivity index (χ3v) is 9.95. The van der Waals surface area contributed by atoms with E-state index in [4.69, 9.17) is 0 Å². The van der Waals surface area contributed by atoms with Gasteiger partial charge < -0.3 is 0 Å². The summed E-state index contributed by atoms with van der Waals surface area (Å²) >= 11 is 0. The van der Waals surface area contributed by atoms with Crippen molar-refractivity contribution in [3.05, 3.63) is 0 Å². The van der Waals surface area contributed by atoms with E-state index in [1.54, 1.807) is 0 Å². The largest absolute Gasteiger partial charge is 0.147 e. The van der Waals surface area contributed by atoms with Crippen molar-refractivity contribution < 1.29 is 0 Å². The molecule has 0 aromatic rings. The van der Waals surface area contributed by atoms with Crippen LogP contribution in [0.5, 0.6) is 0 Å². The third-order valence-electron chi connectivity index (χ3n) is 9.08. The van der Waals surface area contributed by atoms with Crippen molar-refractivity contribution in [1.29, 1.82) is 0 Å². The zero-order valence-corrected chi connectivity index (χ0v) is 29.8. The normalized spacial score (nSPS) is 11.7. The lowest BCUT2D eigenvalue weighted by Gasteiger charge is -2.30. The zero-order valence-electron chi connectivity index (χ0n) is 27.8. The second-order valence-electron chi connectivity index (χ2n) is 13.2. The van der Waals surface area contributed by atoms with E-state index in [-0.39, 0.29) is 12.4 Å². The van der Waals surface area contributed by atoms with Gasteiger partial charge in [0.05, 0.1) is 0 Å². The van der Waals surface area contributed by atoms with Crippen LogP contribution in [0.15, 0.2) is 0 Å². The molecule has 1 atom stereocenters. The minimum absolute atomic E-state index is 0. The molecule has 0 aromatic carbocycles. The fourth-order valence-corrected chi connectivity index (χ4v) is 6.88. The van der Waals surface area contributed by atoms with Crippen molar-refractivity contribution in [3.63, 3.8) is 0 Å². The van der Waals surface area contributed by atoms with Gasteiger partial charge in [0.1, 0.15) is 0 Å². The van der Waals surface area contributed by atoms with E-state index >= 15 is 0 Å². The Morgan fingerprint density at radius 2 is 0.436 bits per heavy atom. The minimum atomic E-state index is 0. The molecule has 0 amide bonds. The Morgan fingerprint density at radius 1 is 0.282 bits per heavy atom. The molecule has 2 heteroatoms. The van der Waals surface area contributed by atoms with Crippen molar-refractivity contribution in [3.8, 4) is 0 Å². The SMILES string of the molecule is CCCCCCCCCCCCC(P)(CCCCCCCCCCCC)CCCCCCCCCCCC.Cl. The van der Waals surface area contributed by atoms with Gasteiger partial charge in [-0.25, -0.2) is 0 Å². The van der Waals surface area contributed by atoms with Crippen LogP contribution in [0.4, 0.5) is 0 Å². The van der Waals surface area contributed by atoms with Gasteiger partial charge in [0, 0.05) is 0 Å². The van der Waals surface area contributed by atoms with E-state index < -0.39 is 0 Å². The summed E-state index contributed by atoms with van der Waals surface area (Å²) in [4.78, 5) is 0. The molecule has 0 aliphatic carbocycles. The first-order valence-corrected chi connectivity index (χ1v) is 19.0. The van der Waals surface area contributed by atoms with Crippen LogP contribution in [0, 0.1) is 0 Å². The molecule has 0 rings (SSSR count). The maximum absolute atomic E-state index is 3.41. The first kappa shape index (κ1) is 41.9. The van der Waals surface area contributed by atoms with E-state index in [9.17, 15) is 0 Å². The standard InChI is InChI=1S/C37H77P.ClH/c1-4-7-10-13-16-19-22-25-28-31-34-37(38,35-32-29-26-23-20-17-14-11-8-5-2)36-33-30-27-24-21-18-15-12-9-6-3;/h4-36,38H2,1-3H3;1H. The highest BCUT2D eigenvalue weighted by molar-refractivity contribution is 7.19. The molecule has 0 bridgehead atoms. The number of hydrogen-bond acceptors (Lipinski definition) is 0. The van der Waals surface area contributed by atoms with Gasteiger partial charge in [-0.2, -0.15) is 0 Å². The zero-order chi connectivity index (χ0) is 27.8. The summed E-state index contributed by atoms with van der Waals surface area (Å²) in [5, 5.41) is 0.542. The van der Waals surface area contributed by atoms with Crippen LogP contribution in [-0.2, 0) is 0 Å². The molecule has 0 spiro atoms. The third kappa shape index (κ3) is 33.1. The van der Waals surface area contributed by atoms with Gasteiger partial charge in [0.2, 0.25) is 0 Å². The topological polar surface area (TPSA) is 0 Å². The molecule has 0 radical (unpaired) electrons. The van der Waals surface area contributed by atoms with Crippen LogP contribution in [0.2, 0.25) is 0 Å². The summed E-state index contributed by atoms with van der Waals surface area (Å²) < 4.78 is 0. The van der Waals surface area contributed by atoms with Crippen LogP contribution >= 0.6 is 21.6 Å². The summed E-state index contributed by atoms with van der Waals surface area (Å²) in [5.74, 6) is 0. The molecule has 0 heterocycles. The van der Waals surface area contributed by atoms with Crippen molar-refractivity contribution in [1.82, 2.24) is 0 Å². The number of unbranched alkanes of at least 4 members (excludes halogenated alkanes) is 27.